The Morgan fingerprint density at radius 1 is 1.57 bits per heavy atom. The molecule has 0 fully saturated rings. The van der Waals surface area contributed by atoms with E-state index in [0.29, 0.717) is 18.9 Å². The van der Waals surface area contributed by atoms with Gasteiger partial charge in [0.1, 0.15) is 5.84 Å². The van der Waals surface area contributed by atoms with Crippen molar-refractivity contribution in [2.45, 2.75) is 6.42 Å². The number of hydrogen-bond donors (Lipinski definition) is 2. The van der Waals surface area contributed by atoms with E-state index in [2.05, 4.69) is 15.1 Å². The lowest BCUT2D eigenvalue weighted by atomic mass is 10.4. The van der Waals surface area contributed by atoms with Gasteiger partial charge in [-0.2, -0.15) is 0 Å². The quantitative estimate of drug-likeness (QED) is 0.307. The van der Waals surface area contributed by atoms with Gasteiger partial charge in [0.15, 0.2) is 0 Å². The van der Waals surface area contributed by atoms with Crippen LogP contribution in [0.5, 0.6) is 0 Å². The maximum atomic E-state index is 8.33. The Labute approximate surface area is 82.1 Å². The number of anilines is 1. The number of nitrogens with zero attached hydrogens (tertiary/aromatic N) is 4. The molecule has 0 bridgehead atoms. The Hall–Kier alpha value is -1.85. The summed E-state index contributed by atoms with van der Waals surface area (Å²) in [6, 6.07) is 1.75. The largest absolute Gasteiger partial charge is 0.409 e. The van der Waals surface area contributed by atoms with Crippen molar-refractivity contribution >= 4 is 11.8 Å². The second-order valence-corrected chi connectivity index (χ2v) is 2.81. The van der Waals surface area contributed by atoms with Gasteiger partial charge in [-0.15, -0.1) is 0 Å². The zero-order valence-electron chi connectivity index (χ0n) is 7.96. The van der Waals surface area contributed by atoms with E-state index in [9.17, 15) is 0 Å². The molecular weight excluding hydrogens is 182 g/mol. The fourth-order valence-electron chi connectivity index (χ4n) is 0.921. The topological polar surface area (TPSA) is 87.6 Å². The Kier molecular flexibility index (Phi) is 3.66. The number of rotatable bonds is 4. The van der Waals surface area contributed by atoms with E-state index >= 15 is 0 Å². The van der Waals surface area contributed by atoms with Gasteiger partial charge in [-0.3, -0.25) is 0 Å². The number of hydrogen-bond acceptors (Lipinski definition) is 5. The molecule has 0 atom stereocenters. The number of amidine groups is 1. The molecule has 1 rings (SSSR count). The van der Waals surface area contributed by atoms with Crippen LogP contribution in [0.15, 0.2) is 23.6 Å². The fourth-order valence-corrected chi connectivity index (χ4v) is 0.921. The van der Waals surface area contributed by atoms with Crippen molar-refractivity contribution in [1.29, 1.82) is 0 Å². The van der Waals surface area contributed by atoms with Crippen LogP contribution in [0.25, 0.3) is 0 Å². The van der Waals surface area contributed by atoms with Crippen molar-refractivity contribution in [3.05, 3.63) is 18.5 Å². The first-order chi connectivity index (χ1) is 6.74. The minimum atomic E-state index is 0.202. The minimum absolute atomic E-state index is 0.202. The summed E-state index contributed by atoms with van der Waals surface area (Å²) in [6.07, 6.45) is 3.82. The summed E-state index contributed by atoms with van der Waals surface area (Å²) in [6.45, 7) is 0.611. The summed E-state index contributed by atoms with van der Waals surface area (Å²) in [7, 11) is 1.85. The maximum Gasteiger partial charge on any atom is 0.224 e. The minimum Gasteiger partial charge on any atom is -0.409 e. The third kappa shape index (κ3) is 2.89. The highest BCUT2D eigenvalue weighted by Gasteiger charge is 2.03. The standard InChI is InChI=1S/C8H13N5O/c1-13(6-3-7(9)12-14)8-10-4-2-5-11-8/h2,4-5,14H,3,6H2,1H3,(H2,9,12). The molecule has 14 heavy (non-hydrogen) atoms. The van der Waals surface area contributed by atoms with Crippen LogP contribution < -0.4 is 10.6 Å². The molecule has 0 aromatic carbocycles. The van der Waals surface area contributed by atoms with Gasteiger partial charge >= 0.3 is 0 Å². The van der Waals surface area contributed by atoms with Crippen molar-refractivity contribution in [1.82, 2.24) is 9.97 Å². The second kappa shape index (κ2) is 5.00. The van der Waals surface area contributed by atoms with E-state index in [-0.39, 0.29) is 5.84 Å². The molecule has 0 spiro atoms. The first-order valence-electron chi connectivity index (χ1n) is 4.18. The predicted octanol–water partition coefficient (Wildman–Crippen LogP) is 0.0493. The summed E-state index contributed by atoms with van der Waals surface area (Å²) in [5.74, 6) is 0.825. The van der Waals surface area contributed by atoms with E-state index in [1.165, 1.54) is 0 Å². The van der Waals surface area contributed by atoms with Crippen LogP contribution in [0.3, 0.4) is 0 Å². The molecule has 0 aliphatic rings. The summed E-state index contributed by atoms with van der Waals surface area (Å²) in [5, 5.41) is 11.2. The van der Waals surface area contributed by atoms with Crippen LogP contribution in [0, 0.1) is 0 Å². The van der Waals surface area contributed by atoms with Crippen LogP contribution in [0.2, 0.25) is 0 Å². The average molecular weight is 195 g/mol. The molecule has 3 N–H and O–H groups in total. The molecular formula is C8H13N5O. The van der Waals surface area contributed by atoms with E-state index in [1.807, 2.05) is 11.9 Å². The molecule has 0 amide bonds. The van der Waals surface area contributed by atoms with E-state index < -0.39 is 0 Å². The second-order valence-electron chi connectivity index (χ2n) is 2.81. The van der Waals surface area contributed by atoms with Gasteiger partial charge in [0.25, 0.3) is 0 Å². The maximum absolute atomic E-state index is 8.33. The van der Waals surface area contributed by atoms with E-state index in [0.717, 1.165) is 0 Å². The van der Waals surface area contributed by atoms with Crippen LogP contribution in [-0.2, 0) is 0 Å². The van der Waals surface area contributed by atoms with Gasteiger partial charge in [-0.05, 0) is 6.07 Å². The van der Waals surface area contributed by atoms with Gasteiger partial charge in [-0.25, -0.2) is 9.97 Å². The average Bonchev–Trinajstić information content (AvgIpc) is 2.26. The molecule has 76 valence electrons. The summed E-state index contributed by atoms with van der Waals surface area (Å²) in [5.41, 5.74) is 5.33. The van der Waals surface area contributed by atoms with Gasteiger partial charge < -0.3 is 15.8 Å². The molecule has 1 heterocycles. The third-order valence-corrected chi connectivity index (χ3v) is 1.73. The van der Waals surface area contributed by atoms with Crippen LogP contribution in [0.4, 0.5) is 5.95 Å². The Balaban J connectivity index is 2.47. The molecule has 0 saturated carbocycles. The zero-order chi connectivity index (χ0) is 10.4. The Morgan fingerprint density at radius 3 is 2.79 bits per heavy atom. The first-order valence-corrected chi connectivity index (χ1v) is 4.18. The van der Waals surface area contributed by atoms with Gasteiger partial charge in [0.05, 0.1) is 0 Å². The molecule has 0 aliphatic carbocycles. The molecule has 0 radical (unpaired) electrons. The normalized spacial score (nSPS) is 11.4. The lowest BCUT2D eigenvalue weighted by Crippen LogP contribution is -2.25. The van der Waals surface area contributed by atoms with E-state index in [4.69, 9.17) is 10.9 Å². The van der Waals surface area contributed by atoms with Crippen molar-refractivity contribution in [3.8, 4) is 0 Å². The molecule has 6 nitrogen and oxygen atoms in total. The summed E-state index contributed by atoms with van der Waals surface area (Å²) >= 11 is 0. The monoisotopic (exact) mass is 195 g/mol. The Bertz CT molecular complexity index is 300. The van der Waals surface area contributed by atoms with Crippen molar-refractivity contribution < 1.29 is 5.21 Å². The number of oxime groups is 1. The predicted molar refractivity (Wildman–Crippen MR) is 53.3 cm³/mol. The number of aromatic nitrogens is 2. The lowest BCUT2D eigenvalue weighted by Gasteiger charge is -2.15. The number of nitrogens with two attached hydrogens (primary N) is 1. The SMILES string of the molecule is CN(CC/C(N)=N/O)c1ncccn1. The molecule has 1 aromatic heterocycles. The van der Waals surface area contributed by atoms with E-state index in [1.54, 1.807) is 18.5 Å². The molecule has 0 unspecified atom stereocenters. The highest BCUT2D eigenvalue weighted by Crippen LogP contribution is 2.01. The van der Waals surface area contributed by atoms with Crippen molar-refractivity contribution in [2.75, 3.05) is 18.5 Å². The fraction of sp³-hybridized carbons (Fsp3) is 0.375. The molecule has 6 heteroatoms. The smallest absolute Gasteiger partial charge is 0.224 e. The first kappa shape index (κ1) is 10.2. The Morgan fingerprint density at radius 2 is 2.21 bits per heavy atom. The highest BCUT2D eigenvalue weighted by molar-refractivity contribution is 5.80. The van der Waals surface area contributed by atoms with Crippen molar-refractivity contribution in [3.63, 3.8) is 0 Å². The van der Waals surface area contributed by atoms with Crippen molar-refractivity contribution in [2.24, 2.45) is 10.9 Å². The van der Waals surface area contributed by atoms with Crippen LogP contribution in [-0.4, -0.2) is 34.6 Å². The molecule has 0 aliphatic heterocycles. The van der Waals surface area contributed by atoms with Crippen LogP contribution >= 0.6 is 0 Å². The zero-order valence-corrected chi connectivity index (χ0v) is 7.96. The molecule has 0 saturated heterocycles. The summed E-state index contributed by atoms with van der Waals surface area (Å²) in [4.78, 5) is 9.94. The van der Waals surface area contributed by atoms with Gasteiger partial charge in [0.2, 0.25) is 5.95 Å². The van der Waals surface area contributed by atoms with Gasteiger partial charge in [-0.1, -0.05) is 5.16 Å². The third-order valence-electron chi connectivity index (χ3n) is 1.73. The summed E-state index contributed by atoms with van der Waals surface area (Å²) < 4.78 is 0. The van der Waals surface area contributed by atoms with Crippen LogP contribution in [0.1, 0.15) is 6.42 Å². The van der Waals surface area contributed by atoms with Gasteiger partial charge in [0, 0.05) is 32.4 Å². The highest BCUT2D eigenvalue weighted by atomic mass is 16.4. The lowest BCUT2D eigenvalue weighted by molar-refractivity contribution is 0.317. The molecule has 1 aromatic rings.